The number of carbonyl (C=O) groups is 1. The van der Waals surface area contributed by atoms with E-state index in [9.17, 15) is 9.90 Å². The van der Waals surface area contributed by atoms with Gasteiger partial charge in [-0.3, -0.25) is 4.90 Å². The molecule has 1 saturated heterocycles. The van der Waals surface area contributed by atoms with E-state index in [4.69, 9.17) is 32.4 Å². The van der Waals surface area contributed by atoms with Crippen LogP contribution >= 0.6 is 23.2 Å². The number of carboxylic acid groups (broad SMARTS) is 1. The van der Waals surface area contributed by atoms with Gasteiger partial charge < -0.3 is 14.3 Å². The smallest absolute Gasteiger partial charge is 0.337 e. The molecule has 8 heteroatoms. The average Bonchev–Trinajstić information content (AvgIpc) is 3.22. The zero-order valence-electron chi connectivity index (χ0n) is 13.8. The molecule has 0 radical (unpaired) electrons. The Morgan fingerprint density at radius 3 is 2.84 bits per heavy atom. The minimum absolute atomic E-state index is 0.184. The van der Waals surface area contributed by atoms with Crippen molar-refractivity contribution in [3.8, 4) is 11.3 Å². The van der Waals surface area contributed by atoms with E-state index in [-0.39, 0.29) is 12.6 Å². The van der Waals surface area contributed by atoms with Crippen molar-refractivity contribution in [2.24, 2.45) is 0 Å². The fourth-order valence-corrected chi connectivity index (χ4v) is 3.52. The molecule has 1 aromatic heterocycles. The lowest BCUT2D eigenvalue weighted by Crippen LogP contribution is -2.43. The van der Waals surface area contributed by atoms with E-state index in [1.54, 1.807) is 24.4 Å². The highest BCUT2D eigenvalue weighted by atomic mass is 35.5. The fourth-order valence-electron chi connectivity index (χ4n) is 3.02. The quantitative estimate of drug-likeness (QED) is 0.842. The van der Waals surface area contributed by atoms with Crippen LogP contribution in [0.5, 0.6) is 0 Å². The van der Waals surface area contributed by atoms with Crippen molar-refractivity contribution in [2.75, 3.05) is 20.2 Å². The van der Waals surface area contributed by atoms with Crippen LogP contribution in [0.4, 0.5) is 0 Å². The van der Waals surface area contributed by atoms with Gasteiger partial charge in [-0.05, 0) is 25.1 Å². The van der Waals surface area contributed by atoms with Gasteiger partial charge in [0.15, 0.2) is 11.4 Å². The molecular weight excluding hydrogens is 367 g/mol. The van der Waals surface area contributed by atoms with Gasteiger partial charge in [-0.15, -0.1) is 0 Å². The first-order valence-electron chi connectivity index (χ1n) is 7.80. The van der Waals surface area contributed by atoms with E-state index in [2.05, 4.69) is 4.98 Å². The molecule has 0 amide bonds. The molecular formula is C17H18Cl2N2O4. The maximum absolute atomic E-state index is 11.5. The van der Waals surface area contributed by atoms with Crippen molar-refractivity contribution in [1.29, 1.82) is 0 Å². The summed E-state index contributed by atoms with van der Waals surface area (Å²) in [5.74, 6) is 0.0861. The van der Waals surface area contributed by atoms with Crippen molar-refractivity contribution < 1.29 is 19.1 Å². The number of likely N-dealkylation sites (tertiary alicyclic amines) is 1. The fraction of sp³-hybridized carbons (Fsp3) is 0.412. The Kier molecular flexibility index (Phi) is 5.06. The molecule has 0 saturated carbocycles. The molecule has 134 valence electrons. The van der Waals surface area contributed by atoms with E-state index in [1.807, 2.05) is 11.8 Å². The molecule has 2 atom stereocenters. The molecule has 2 unspecified atom stereocenters. The number of rotatable bonds is 5. The summed E-state index contributed by atoms with van der Waals surface area (Å²) in [6.45, 7) is 2.78. The predicted octanol–water partition coefficient (Wildman–Crippen LogP) is 3.88. The van der Waals surface area contributed by atoms with Crippen LogP contribution in [-0.4, -0.2) is 46.8 Å². The summed E-state index contributed by atoms with van der Waals surface area (Å²) in [6.07, 6.45) is 2.03. The Labute approximate surface area is 155 Å². The summed E-state index contributed by atoms with van der Waals surface area (Å²) in [6, 6.07) is 4.96. The Hall–Kier alpha value is -1.60. The number of carboxylic acids is 1. The zero-order valence-corrected chi connectivity index (χ0v) is 15.3. The first kappa shape index (κ1) is 18.2. The van der Waals surface area contributed by atoms with Crippen molar-refractivity contribution in [3.05, 3.63) is 40.3 Å². The average molecular weight is 385 g/mol. The van der Waals surface area contributed by atoms with Crippen LogP contribution in [-0.2, 0) is 9.53 Å². The van der Waals surface area contributed by atoms with Gasteiger partial charge in [0.05, 0.1) is 17.3 Å². The van der Waals surface area contributed by atoms with Crippen LogP contribution in [0.1, 0.15) is 25.3 Å². The SMILES string of the molecule is COC1(C(=O)O)CCN(C(C)c2ncc(-c3ccc(Cl)cc3Cl)o2)C1. The number of aromatic nitrogens is 1. The number of nitrogens with zero attached hydrogens (tertiary/aromatic N) is 2. The van der Waals surface area contributed by atoms with Crippen LogP contribution in [0.25, 0.3) is 11.3 Å². The number of ether oxygens (including phenoxy) is 1. The number of benzene rings is 1. The van der Waals surface area contributed by atoms with Gasteiger partial charge in [0, 0.05) is 37.2 Å². The lowest BCUT2D eigenvalue weighted by Gasteiger charge is -2.25. The van der Waals surface area contributed by atoms with Gasteiger partial charge in [-0.1, -0.05) is 23.2 Å². The highest BCUT2D eigenvalue weighted by Crippen LogP contribution is 2.35. The first-order valence-corrected chi connectivity index (χ1v) is 8.55. The molecule has 6 nitrogen and oxygen atoms in total. The summed E-state index contributed by atoms with van der Waals surface area (Å²) in [5.41, 5.74) is -0.474. The van der Waals surface area contributed by atoms with E-state index < -0.39 is 11.6 Å². The van der Waals surface area contributed by atoms with Crippen molar-refractivity contribution in [3.63, 3.8) is 0 Å². The minimum Gasteiger partial charge on any atom is -0.479 e. The van der Waals surface area contributed by atoms with E-state index in [1.165, 1.54) is 7.11 Å². The molecule has 3 rings (SSSR count). The maximum atomic E-state index is 11.5. The van der Waals surface area contributed by atoms with Crippen LogP contribution in [0.15, 0.2) is 28.8 Å². The third-order valence-electron chi connectivity index (χ3n) is 4.67. The van der Waals surface area contributed by atoms with Crippen LogP contribution in [0, 0.1) is 0 Å². The van der Waals surface area contributed by atoms with Crippen LogP contribution < -0.4 is 0 Å². The van der Waals surface area contributed by atoms with Gasteiger partial charge >= 0.3 is 5.97 Å². The van der Waals surface area contributed by atoms with Gasteiger partial charge in [0.2, 0.25) is 5.89 Å². The number of halogens is 2. The second kappa shape index (κ2) is 6.96. The van der Waals surface area contributed by atoms with Crippen LogP contribution in [0.3, 0.4) is 0 Å². The molecule has 1 aliphatic rings. The van der Waals surface area contributed by atoms with Crippen molar-refractivity contribution in [2.45, 2.75) is 25.0 Å². The number of hydrogen-bond acceptors (Lipinski definition) is 5. The second-order valence-corrected chi connectivity index (χ2v) is 6.93. The maximum Gasteiger partial charge on any atom is 0.337 e. The number of methoxy groups -OCH3 is 1. The first-order chi connectivity index (χ1) is 11.9. The topological polar surface area (TPSA) is 75.8 Å². The Bertz CT molecular complexity index is 795. The largest absolute Gasteiger partial charge is 0.479 e. The molecule has 0 spiro atoms. The predicted molar refractivity (Wildman–Crippen MR) is 93.9 cm³/mol. The van der Waals surface area contributed by atoms with Crippen molar-refractivity contribution >= 4 is 29.2 Å². The highest BCUT2D eigenvalue weighted by molar-refractivity contribution is 6.36. The minimum atomic E-state index is -1.18. The summed E-state index contributed by atoms with van der Waals surface area (Å²) < 4.78 is 11.1. The number of oxazole rings is 1. The van der Waals surface area contributed by atoms with E-state index in [0.29, 0.717) is 40.2 Å². The Balaban J connectivity index is 1.80. The normalized spacial score (nSPS) is 22.2. The highest BCUT2D eigenvalue weighted by Gasteiger charge is 2.47. The Morgan fingerprint density at radius 1 is 1.48 bits per heavy atom. The third kappa shape index (κ3) is 3.40. The molecule has 1 aliphatic heterocycles. The molecule has 25 heavy (non-hydrogen) atoms. The van der Waals surface area contributed by atoms with Gasteiger partial charge in [-0.2, -0.15) is 0 Å². The third-order valence-corrected chi connectivity index (χ3v) is 5.21. The molecule has 0 aliphatic carbocycles. The zero-order chi connectivity index (χ0) is 18.2. The molecule has 1 fully saturated rings. The van der Waals surface area contributed by atoms with Gasteiger partial charge in [-0.25, -0.2) is 9.78 Å². The van der Waals surface area contributed by atoms with Crippen molar-refractivity contribution in [1.82, 2.24) is 9.88 Å². The summed E-state index contributed by atoms with van der Waals surface area (Å²) >= 11 is 12.1. The molecule has 2 aromatic rings. The lowest BCUT2D eigenvalue weighted by molar-refractivity contribution is -0.160. The standard InChI is InChI=1S/C17H18Cl2N2O4/c1-10(21-6-5-17(9-21,24-2)16(22)23)15-20-8-14(25-15)12-4-3-11(18)7-13(12)19/h3-4,7-8,10H,5-6,9H2,1-2H3,(H,22,23). The summed E-state index contributed by atoms with van der Waals surface area (Å²) in [7, 11) is 1.42. The van der Waals surface area contributed by atoms with Gasteiger partial charge in [0.25, 0.3) is 0 Å². The molecule has 1 aromatic carbocycles. The Morgan fingerprint density at radius 2 is 2.24 bits per heavy atom. The lowest BCUT2D eigenvalue weighted by atomic mass is 10.0. The van der Waals surface area contributed by atoms with Crippen LogP contribution in [0.2, 0.25) is 10.0 Å². The van der Waals surface area contributed by atoms with Gasteiger partial charge in [0.1, 0.15) is 0 Å². The monoisotopic (exact) mass is 384 g/mol. The summed E-state index contributed by atoms with van der Waals surface area (Å²) in [5, 5.41) is 10.4. The number of hydrogen-bond donors (Lipinski definition) is 1. The summed E-state index contributed by atoms with van der Waals surface area (Å²) in [4.78, 5) is 17.8. The van der Waals surface area contributed by atoms with E-state index >= 15 is 0 Å². The van der Waals surface area contributed by atoms with E-state index in [0.717, 1.165) is 0 Å². The molecule has 0 bridgehead atoms. The molecule has 1 N–H and O–H groups in total. The number of aliphatic carboxylic acids is 1. The molecule has 2 heterocycles. The second-order valence-electron chi connectivity index (χ2n) is 6.09.